The Morgan fingerprint density at radius 3 is 2.38 bits per heavy atom. The maximum absolute atomic E-state index is 13.0. The van der Waals surface area contributed by atoms with E-state index in [-0.39, 0.29) is 28.4 Å². The lowest BCUT2D eigenvalue weighted by atomic mass is 9.99. The third-order valence-electron chi connectivity index (χ3n) is 4.98. The zero-order chi connectivity index (χ0) is 22.9. The Labute approximate surface area is 186 Å². The number of nitrogens with zero attached hydrogens (tertiary/aromatic N) is 1. The number of hydrogen-bond donors (Lipinski definition) is 3. The molecule has 0 aliphatic heterocycles. The van der Waals surface area contributed by atoms with Gasteiger partial charge in [-0.2, -0.15) is 13.2 Å². The van der Waals surface area contributed by atoms with Gasteiger partial charge in [-0.1, -0.05) is 66.2 Å². The van der Waals surface area contributed by atoms with E-state index in [1.807, 2.05) is 54.6 Å². The molecule has 164 valence electrons. The number of amides is 1. The SMILES string of the molecule is NC(CC(=O)Nc1nc2c(Cl)cc(C(F)(F)F)cc2[nH]1)c1ccc(-c2ccccc2)cc1. The number of nitrogens with two attached hydrogens (primary N) is 1. The molecule has 1 unspecified atom stereocenters. The van der Waals surface area contributed by atoms with E-state index in [9.17, 15) is 18.0 Å². The van der Waals surface area contributed by atoms with Gasteiger partial charge in [0, 0.05) is 12.5 Å². The van der Waals surface area contributed by atoms with Gasteiger partial charge in [0.15, 0.2) is 0 Å². The third kappa shape index (κ3) is 4.76. The Balaban J connectivity index is 1.44. The Hall–Kier alpha value is -3.36. The summed E-state index contributed by atoms with van der Waals surface area (Å²) in [5.41, 5.74) is 8.35. The lowest BCUT2D eigenvalue weighted by Gasteiger charge is -2.12. The van der Waals surface area contributed by atoms with Crippen molar-refractivity contribution in [1.29, 1.82) is 0 Å². The van der Waals surface area contributed by atoms with Crippen molar-refractivity contribution in [2.24, 2.45) is 5.73 Å². The summed E-state index contributed by atoms with van der Waals surface area (Å²) in [6, 6.07) is 18.6. The number of alkyl halides is 3. The highest BCUT2D eigenvalue weighted by atomic mass is 35.5. The van der Waals surface area contributed by atoms with Crippen LogP contribution >= 0.6 is 11.6 Å². The lowest BCUT2D eigenvalue weighted by Crippen LogP contribution is -2.21. The molecule has 0 spiro atoms. The van der Waals surface area contributed by atoms with E-state index in [0.29, 0.717) is 0 Å². The summed E-state index contributed by atoms with van der Waals surface area (Å²) >= 11 is 5.92. The van der Waals surface area contributed by atoms with Crippen LogP contribution in [0.4, 0.5) is 19.1 Å². The maximum Gasteiger partial charge on any atom is 0.416 e. The molecule has 0 radical (unpaired) electrons. The van der Waals surface area contributed by atoms with Gasteiger partial charge in [0.2, 0.25) is 11.9 Å². The molecule has 32 heavy (non-hydrogen) atoms. The largest absolute Gasteiger partial charge is 0.416 e. The Morgan fingerprint density at radius 1 is 1.06 bits per heavy atom. The molecular weight excluding hydrogens is 441 g/mol. The number of carbonyl (C=O) groups is 1. The fourth-order valence-electron chi connectivity index (χ4n) is 3.35. The number of rotatable bonds is 5. The van der Waals surface area contributed by atoms with Gasteiger partial charge in [0.25, 0.3) is 0 Å². The molecule has 1 heterocycles. The van der Waals surface area contributed by atoms with Gasteiger partial charge >= 0.3 is 6.18 Å². The fraction of sp³-hybridized carbons (Fsp3) is 0.130. The van der Waals surface area contributed by atoms with Gasteiger partial charge in [-0.05, 0) is 28.8 Å². The van der Waals surface area contributed by atoms with Crippen LogP contribution in [0.1, 0.15) is 23.6 Å². The van der Waals surface area contributed by atoms with Gasteiger partial charge in [0.1, 0.15) is 5.52 Å². The zero-order valence-electron chi connectivity index (χ0n) is 16.6. The minimum absolute atomic E-state index is 0.00199. The van der Waals surface area contributed by atoms with E-state index in [2.05, 4.69) is 15.3 Å². The molecule has 1 aromatic heterocycles. The highest BCUT2D eigenvalue weighted by molar-refractivity contribution is 6.35. The predicted molar refractivity (Wildman–Crippen MR) is 118 cm³/mol. The number of nitrogens with one attached hydrogen (secondary N) is 2. The first-order valence-corrected chi connectivity index (χ1v) is 10.1. The number of halogens is 4. The summed E-state index contributed by atoms with van der Waals surface area (Å²) in [6.07, 6.45) is -4.58. The zero-order valence-corrected chi connectivity index (χ0v) is 17.3. The second kappa shape index (κ2) is 8.64. The van der Waals surface area contributed by atoms with Crippen molar-refractivity contribution in [3.05, 3.63) is 82.9 Å². The quantitative estimate of drug-likeness (QED) is 0.346. The van der Waals surface area contributed by atoms with Crippen molar-refractivity contribution in [2.75, 3.05) is 5.32 Å². The van der Waals surface area contributed by atoms with Crippen LogP contribution in [0.15, 0.2) is 66.7 Å². The first kappa shape index (κ1) is 21.9. The number of aromatic amines is 1. The van der Waals surface area contributed by atoms with Crippen molar-refractivity contribution < 1.29 is 18.0 Å². The molecule has 4 N–H and O–H groups in total. The van der Waals surface area contributed by atoms with E-state index in [1.165, 1.54) is 0 Å². The summed E-state index contributed by atoms with van der Waals surface area (Å²) < 4.78 is 38.9. The Morgan fingerprint density at radius 2 is 1.72 bits per heavy atom. The molecule has 1 atom stereocenters. The van der Waals surface area contributed by atoms with Gasteiger partial charge < -0.3 is 10.7 Å². The standard InChI is InChI=1S/C23H18ClF3N4O/c24-17-10-16(23(25,26)27)11-19-21(17)31-22(29-19)30-20(32)12-18(28)15-8-6-14(7-9-15)13-4-2-1-3-5-13/h1-11,18H,12,28H2,(H2,29,30,31,32). The van der Waals surface area contributed by atoms with Crippen molar-refractivity contribution in [1.82, 2.24) is 9.97 Å². The molecule has 1 amide bonds. The minimum atomic E-state index is -4.55. The number of anilines is 1. The van der Waals surface area contributed by atoms with Crippen LogP contribution in [-0.2, 0) is 11.0 Å². The molecule has 0 saturated carbocycles. The molecule has 0 bridgehead atoms. The average molecular weight is 459 g/mol. The van der Waals surface area contributed by atoms with Crippen LogP contribution < -0.4 is 11.1 Å². The summed E-state index contributed by atoms with van der Waals surface area (Å²) in [6.45, 7) is 0. The summed E-state index contributed by atoms with van der Waals surface area (Å²) in [7, 11) is 0. The van der Waals surface area contributed by atoms with Crippen LogP contribution in [0.25, 0.3) is 22.2 Å². The summed E-state index contributed by atoms with van der Waals surface area (Å²) in [4.78, 5) is 19.1. The highest BCUT2D eigenvalue weighted by Gasteiger charge is 2.31. The van der Waals surface area contributed by atoms with E-state index < -0.39 is 23.7 Å². The lowest BCUT2D eigenvalue weighted by molar-refractivity contribution is -0.137. The van der Waals surface area contributed by atoms with E-state index >= 15 is 0 Å². The molecule has 3 aromatic carbocycles. The number of H-pyrrole nitrogens is 1. The minimum Gasteiger partial charge on any atom is -0.324 e. The Kier molecular flexibility index (Phi) is 5.90. The molecule has 5 nitrogen and oxygen atoms in total. The third-order valence-corrected chi connectivity index (χ3v) is 5.26. The molecule has 9 heteroatoms. The van der Waals surface area contributed by atoms with Crippen LogP contribution in [0, 0.1) is 0 Å². The number of carbonyl (C=O) groups excluding carboxylic acids is 1. The van der Waals surface area contributed by atoms with Crippen LogP contribution in [0.2, 0.25) is 5.02 Å². The van der Waals surface area contributed by atoms with Gasteiger partial charge in [-0.3, -0.25) is 10.1 Å². The number of benzene rings is 3. The average Bonchev–Trinajstić information content (AvgIpc) is 3.16. The monoisotopic (exact) mass is 458 g/mol. The van der Waals surface area contributed by atoms with Gasteiger partial charge in [-0.15, -0.1) is 0 Å². The van der Waals surface area contributed by atoms with Gasteiger partial charge in [-0.25, -0.2) is 4.98 Å². The summed E-state index contributed by atoms with van der Waals surface area (Å²) in [5.74, 6) is -0.436. The molecule has 4 rings (SSSR count). The van der Waals surface area contributed by atoms with Crippen LogP contribution in [0.5, 0.6) is 0 Å². The summed E-state index contributed by atoms with van der Waals surface area (Å²) in [5, 5.41) is 2.36. The fourth-order valence-corrected chi connectivity index (χ4v) is 3.61. The van der Waals surface area contributed by atoms with E-state index in [4.69, 9.17) is 17.3 Å². The van der Waals surface area contributed by atoms with E-state index in [1.54, 1.807) is 0 Å². The maximum atomic E-state index is 13.0. The van der Waals surface area contributed by atoms with Crippen LogP contribution in [0.3, 0.4) is 0 Å². The Bertz CT molecular complexity index is 1250. The second-order valence-corrected chi connectivity index (χ2v) is 7.69. The molecule has 0 fully saturated rings. The number of imidazole rings is 1. The van der Waals surface area contributed by atoms with Crippen molar-refractivity contribution >= 4 is 34.5 Å². The number of fused-ring (bicyclic) bond motifs is 1. The molecule has 4 aromatic rings. The topological polar surface area (TPSA) is 83.8 Å². The number of hydrogen-bond acceptors (Lipinski definition) is 3. The first-order chi connectivity index (χ1) is 15.2. The first-order valence-electron chi connectivity index (χ1n) is 9.68. The number of aromatic nitrogens is 2. The molecule has 0 aliphatic carbocycles. The van der Waals surface area contributed by atoms with Gasteiger partial charge in [0.05, 0.1) is 16.1 Å². The second-order valence-electron chi connectivity index (χ2n) is 7.28. The normalized spacial score (nSPS) is 12.7. The van der Waals surface area contributed by atoms with E-state index in [0.717, 1.165) is 28.8 Å². The predicted octanol–water partition coefficient (Wildman–Crippen LogP) is 5.93. The van der Waals surface area contributed by atoms with Crippen molar-refractivity contribution in [3.8, 4) is 11.1 Å². The van der Waals surface area contributed by atoms with Crippen LogP contribution in [-0.4, -0.2) is 15.9 Å². The molecule has 0 aliphatic rings. The molecular formula is C23H18ClF3N4O. The highest BCUT2D eigenvalue weighted by Crippen LogP contribution is 2.35. The van der Waals surface area contributed by atoms with Crippen molar-refractivity contribution in [3.63, 3.8) is 0 Å². The smallest absolute Gasteiger partial charge is 0.324 e. The van der Waals surface area contributed by atoms with Crippen molar-refractivity contribution in [2.45, 2.75) is 18.6 Å². The molecule has 0 saturated heterocycles.